The first-order valence-electron chi connectivity index (χ1n) is 6.72. The van der Waals surface area contributed by atoms with E-state index in [1.54, 1.807) is 11.0 Å². The predicted octanol–water partition coefficient (Wildman–Crippen LogP) is 3.65. The molecule has 0 saturated carbocycles. The Hall–Kier alpha value is -2.07. The molecule has 21 heavy (non-hydrogen) atoms. The molecule has 2 N–H and O–H groups in total. The van der Waals surface area contributed by atoms with Gasteiger partial charge in [-0.1, -0.05) is 23.7 Å². The number of hydrogen-bond acceptors (Lipinski definition) is 2. The predicted molar refractivity (Wildman–Crippen MR) is 82.3 cm³/mol. The van der Waals surface area contributed by atoms with Crippen LogP contribution in [0.3, 0.4) is 0 Å². The van der Waals surface area contributed by atoms with Gasteiger partial charge in [-0.2, -0.15) is 0 Å². The van der Waals surface area contributed by atoms with Crippen molar-refractivity contribution in [1.29, 1.82) is 0 Å². The summed E-state index contributed by atoms with van der Waals surface area (Å²) in [5.74, 6) is -0.890. The van der Waals surface area contributed by atoms with Crippen LogP contribution < -0.4 is 10.6 Å². The summed E-state index contributed by atoms with van der Waals surface area (Å²) >= 11 is 5.92. The lowest BCUT2D eigenvalue weighted by Crippen LogP contribution is -2.35. The highest BCUT2D eigenvalue weighted by atomic mass is 35.5. The molecular weight excluding hydrogens is 291 g/mol. The maximum atomic E-state index is 13.5. The molecule has 3 nitrogen and oxygen atoms in total. The number of rotatable bonds is 1. The molecule has 0 bridgehead atoms. The summed E-state index contributed by atoms with van der Waals surface area (Å²) in [5.41, 5.74) is 8.43. The number of hydrogen-bond donors (Lipinski definition) is 1. The molecule has 0 aliphatic carbocycles. The normalized spacial score (nSPS) is 13.9. The fraction of sp³-hybridized carbons (Fsp3) is 0.188. The van der Waals surface area contributed by atoms with Gasteiger partial charge in [0.05, 0.1) is 10.6 Å². The van der Waals surface area contributed by atoms with E-state index in [0.717, 1.165) is 24.1 Å². The number of nitrogens with zero attached hydrogens (tertiary/aromatic N) is 1. The van der Waals surface area contributed by atoms with Crippen LogP contribution in [0.25, 0.3) is 0 Å². The van der Waals surface area contributed by atoms with Gasteiger partial charge < -0.3 is 10.6 Å². The minimum atomic E-state index is -0.590. The standard InChI is InChI=1S/C16H14ClFN2O/c17-15-12(4-1-5-13(15)18)16(21)20-8-2-3-10-6-7-11(19)9-14(10)20/h1,4-7,9H,2-3,8,19H2. The SMILES string of the molecule is Nc1ccc2c(c1)N(C(=O)c1cccc(F)c1Cl)CCC2. The molecule has 2 aromatic carbocycles. The van der Waals surface area contributed by atoms with E-state index >= 15 is 0 Å². The monoisotopic (exact) mass is 304 g/mol. The van der Waals surface area contributed by atoms with Gasteiger partial charge in [-0.05, 0) is 42.7 Å². The molecule has 0 aromatic heterocycles. The number of carbonyl (C=O) groups is 1. The van der Waals surface area contributed by atoms with Crippen molar-refractivity contribution in [3.05, 3.63) is 58.4 Å². The lowest BCUT2D eigenvalue weighted by molar-refractivity contribution is 0.0985. The van der Waals surface area contributed by atoms with Gasteiger partial charge in [-0.25, -0.2) is 4.39 Å². The molecule has 0 unspecified atom stereocenters. The van der Waals surface area contributed by atoms with E-state index in [2.05, 4.69) is 0 Å². The summed E-state index contributed by atoms with van der Waals surface area (Å²) in [6.07, 6.45) is 1.76. The molecule has 0 saturated heterocycles. The molecule has 1 aliphatic heterocycles. The Morgan fingerprint density at radius 3 is 2.90 bits per heavy atom. The Kier molecular flexibility index (Phi) is 3.55. The van der Waals surface area contributed by atoms with E-state index in [4.69, 9.17) is 17.3 Å². The first-order chi connectivity index (χ1) is 10.1. The van der Waals surface area contributed by atoms with Gasteiger partial charge in [-0.3, -0.25) is 4.79 Å². The largest absolute Gasteiger partial charge is 0.399 e. The highest BCUT2D eigenvalue weighted by Gasteiger charge is 2.25. The second kappa shape index (κ2) is 5.37. The van der Waals surface area contributed by atoms with Crippen LogP contribution in [0.1, 0.15) is 22.3 Å². The van der Waals surface area contributed by atoms with Gasteiger partial charge in [-0.15, -0.1) is 0 Å². The molecule has 2 aromatic rings. The first kappa shape index (κ1) is 13.9. The molecule has 0 spiro atoms. The Bertz CT molecular complexity index is 717. The molecule has 0 radical (unpaired) electrons. The van der Waals surface area contributed by atoms with E-state index in [0.29, 0.717) is 12.2 Å². The van der Waals surface area contributed by atoms with E-state index in [9.17, 15) is 9.18 Å². The van der Waals surface area contributed by atoms with Crippen molar-refractivity contribution in [2.24, 2.45) is 0 Å². The average molecular weight is 305 g/mol. The molecule has 5 heteroatoms. The van der Waals surface area contributed by atoms with Crippen LogP contribution in [0, 0.1) is 5.82 Å². The van der Waals surface area contributed by atoms with Crippen LogP contribution in [0.15, 0.2) is 36.4 Å². The van der Waals surface area contributed by atoms with Gasteiger partial charge >= 0.3 is 0 Å². The minimum Gasteiger partial charge on any atom is -0.399 e. The smallest absolute Gasteiger partial charge is 0.259 e. The second-order valence-corrected chi connectivity index (χ2v) is 5.43. The summed E-state index contributed by atoms with van der Waals surface area (Å²) in [6, 6.07) is 9.78. The van der Waals surface area contributed by atoms with Gasteiger partial charge in [0.25, 0.3) is 5.91 Å². The number of amides is 1. The number of anilines is 2. The lowest BCUT2D eigenvalue weighted by Gasteiger charge is -2.30. The highest BCUT2D eigenvalue weighted by molar-refractivity contribution is 6.34. The zero-order chi connectivity index (χ0) is 15.0. The fourth-order valence-corrected chi connectivity index (χ4v) is 2.82. The second-order valence-electron chi connectivity index (χ2n) is 5.05. The molecule has 1 heterocycles. The number of aryl methyl sites for hydroxylation is 1. The van der Waals surface area contributed by atoms with Crippen molar-refractivity contribution < 1.29 is 9.18 Å². The van der Waals surface area contributed by atoms with E-state index in [1.807, 2.05) is 12.1 Å². The Labute approximate surface area is 127 Å². The quantitative estimate of drug-likeness (QED) is 0.817. The van der Waals surface area contributed by atoms with Crippen LogP contribution in [-0.4, -0.2) is 12.5 Å². The highest BCUT2D eigenvalue weighted by Crippen LogP contribution is 2.31. The third-order valence-corrected chi connectivity index (χ3v) is 4.04. The van der Waals surface area contributed by atoms with Gasteiger partial charge in [0.2, 0.25) is 0 Å². The van der Waals surface area contributed by atoms with Crippen molar-refractivity contribution in [3.8, 4) is 0 Å². The van der Waals surface area contributed by atoms with Crippen LogP contribution >= 0.6 is 11.6 Å². The minimum absolute atomic E-state index is 0.140. The maximum Gasteiger partial charge on any atom is 0.259 e. The number of carbonyl (C=O) groups excluding carboxylic acids is 1. The Morgan fingerprint density at radius 2 is 2.10 bits per heavy atom. The molecule has 1 amide bonds. The van der Waals surface area contributed by atoms with Crippen LogP contribution in [0.5, 0.6) is 0 Å². The number of benzene rings is 2. The van der Waals surface area contributed by atoms with Crippen LogP contribution in [0.2, 0.25) is 5.02 Å². The summed E-state index contributed by atoms with van der Waals surface area (Å²) in [7, 11) is 0. The van der Waals surface area contributed by atoms with Crippen molar-refractivity contribution in [3.63, 3.8) is 0 Å². The zero-order valence-electron chi connectivity index (χ0n) is 11.3. The third-order valence-electron chi connectivity index (χ3n) is 3.66. The van der Waals surface area contributed by atoms with Gasteiger partial charge in [0.15, 0.2) is 0 Å². The average Bonchev–Trinajstić information content (AvgIpc) is 2.48. The molecule has 108 valence electrons. The molecular formula is C16H14ClFN2O. The zero-order valence-corrected chi connectivity index (χ0v) is 12.0. The van der Waals surface area contributed by atoms with Crippen molar-refractivity contribution in [2.75, 3.05) is 17.2 Å². The topological polar surface area (TPSA) is 46.3 Å². The Morgan fingerprint density at radius 1 is 1.29 bits per heavy atom. The molecule has 0 fully saturated rings. The third kappa shape index (κ3) is 2.47. The lowest BCUT2D eigenvalue weighted by atomic mass is 10.00. The molecule has 1 aliphatic rings. The van der Waals surface area contributed by atoms with E-state index in [-0.39, 0.29) is 16.5 Å². The summed E-state index contributed by atoms with van der Waals surface area (Å²) in [6.45, 7) is 0.572. The number of nitrogens with two attached hydrogens (primary N) is 1. The van der Waals surface area contributed by atoms with Gasteiger partial charge in [0.1, 0.15) is 5.82 Å². The summed E-state index contributed by atoms with van der Waals surface area (Å²) < 4.78 is 13.5. The van der Waals surface area contributed by atoms with E-state index < -0.39 is 5.82 Å². The van der Waals surface area contributed by atoms with Crippen molar-refractivity contribution in [2.45, 2.75) is 12.8 Å². The van der Waals surface area contributed by atoms with Crippen LogP contribution in [0.4, 0.5) is 15.8 Å². The fourth-order valence-electron chi connectivity index (χ4n) is 2.62. The number of nitrogen functional groups attached to an aromatic ring is 1. The summed E-state index contributed by atoms with van der Waals surface area (Å²) in [5, 5.41) is -0.140. The van der Waals surface area contributed by atoms with Crippen molar-refractivity contribution in [1.82, 2.24) is 0 Å². The van der Waals surface area contributed by atoms with Crippen molar-refractivity contribution >= 4 is 28.9 Å². The number of halogens is 2. The van der Waals surface area contributed by atoms with E-state index in [1.165, 1.54) is 18.2 Å². The Balaban J connectivity index is 2.04. The van der Waals surface area contributed by atoms with Crippen LogP contribution in [-0.2, 0) is 6.42 Å². The number of fused-ring (bicyclic) bond motifs is 1. The molecule has 3 rings (SSSR count). The molecule has 0 atom stereocenters. The first-order valence-corrected chi connectivity index (χ1v) is 7.10. The summed E-state index contributed by atoms with van der Waals surface area (Å²) in [4.78, 5) is 14.3. The van der Waals surface area contributed by atoms with Gasteiger partial charge in [0, 0.05) is 17.9 Å². The maximum absolute atomic E-state index is 13.5.